The summed E-state index contributed by atoms with van der Waals surface area (Å²) in [5.41, 5.74) is 1.91. The monoisotopic (exact) mass is 377 g/mol. The Hall–Kier alpha value is -0.950. The van der Waals surface area contributed by atoms with Crippen molar-refractivity contribution in [1.29, 1.82) is 0 Å². The summed E-state index contributed by atoms with van der Waals surface area (Å²) in [5, 5.41) is 13.5. The molecule has 3 atom stereocenters. The number of hydrogen-bond acceptors (Lipinski definition) is 6. The predicted octanol–water partition coefficient (Wildman–Crippen LogP) is 2.64. The Kier molecular flexibility index (Phi) is 5.37. The van der Waals surface area contributed by atoms with E-state index in [9.17, 15) is 5.11 Å². The van der Waals surface area contributed by atoms with Gasteiger partial charge in [0.1, 0.15) is 0 Å². The van der Waals surface area contributed by atoms with Crippen LogP contribution in [0.2, 0.25) is 0 Å². The molecule has 144 valence electrons. The Bertz CT molecular complexity index is 623. The summed E-state index contributed by atoms with van der Waals surface area (Å²) < 4.78 is 5.88. The Morgan fingerprint density at radius 3 is 2.81 bits per heavy atom. The van der Waals surface area contributed by atoms with Crippen molar-refractivity contribution in [2.45, 2.75) is 32.8 Å². The lowest BCUT2D eigenvalue weighted by molar-refractivity contribution is -0.0262. The van der Waals surface area contributed by atoms with E-state index in [1.807, 2.05) is 11.6 Å². The lowest BCUT2D eigenvalue weighted by Crippen LogP contribution is -2.49. The van der Waals surface area contributed by atoms with Crippen LogP contribution in [0.25, 0.3) is 0 Å². The second kappa shape index (κ2) is 7.58. The van der Waals surface area contributed by atoms with Gasteiger partial charge in [0.2, 0.25) is 0 Å². The summed E-state index contributed by atoms with van der Waals surface area (Å²) in [5.74, 6) is 1.56. The van der Waals surface area contributed by atoms with Crippen LogP contribution < -0.4 is 4.90 Å². The van der Waals surface area contributed by atoms with Crippen molar-refractivity contribution >= 4 is 16.5 Å². The summed E-state index contributed by atoms with van der Waals surface area (Å²) >= 11 is 1.69. The van der Waals surface area contributed by atoms with Crippen LogP contribution in [0.15, 0.2) is 23.2 Å². The highest BCUT2D eigenvalue weighted by atomic mass is 32.1. The van der Waals surface area contributed by atoms with Gasteiger partial charge in [0, 0.05) is 44.3 Å². The number of anilines is 1. The van der Waals surface area contributed by atoms with Gasteiger partial charge in [0.05, 0.1) is 19.3 Å². The van der Waals surface area contributed by atoms with Crippen molar-refractivity contribution in [3.63, 3.8) is 0 Å². The van der Waals surface area contributed by atoms with Crippen molar-refractivity contribution in [2.75, 3.05) is 50.8 Å². The third-order valence-corrected chi connectivity index (χ3v) is 7.52. The minimum Gasteiger partial charge on any atom is -0.389 e. The molecule has 6 heteroatoms. The van der Waals surface area contributed by atoms with Crippen LogP contribution in [-0.2, 0) is 4.74 Å². The van der Waals surface area contributed by atoms with Crippen LogP contribution in [-0.4, -0.2) is 67.0 Å². The molecule has 0 unspecified atom stereocenters. The highest BCUT2D eigenvalue weighted by Gasteiger charge is 2.50. The first-order chi connectivity index (χ1) is 12.5. The zero-order valence-electron chi connectivity index (χ0n) is 15.9. The zero-order valence-corrected chi connectivity index (χ0v) is 16.7. The van der Waals surface area contributed by atoms with Gasteiger partial charge in [-0.3, -0.25) is 4.90 Å². The van der Waals surface area contributed by atoms with Gasteiger partial charge in [-0.05, 0) is 35.7 Å². The molecule has 1 aromatic rings. The van der Waals surface area contributed by atoms with Gasteiger partial charge < -0.3 is 14.7 Å². The second-order valence-corrected chi connectivity index (χ2v) is 9.47. The van der Waals surface area contributed by atoms with Crippen molar-refractivity contribution in [3.05, 3.63) is 23.2 Å². The number of aliphatic hydroxyl groups excluding tert-OH is 1. The molecule has 0 amide bonds. The maximum Gasteiger partial charge on any atom is 0.185 e. The zero-order chi connectivity index (χ0) is 18.1. The Labute approximate surface area is 160 Å². The largest absolute Gasteiger partial charge is 0.389 e. The number of allylic oxidation sites excluding steroid dienone is 1. The first-order valence-electron chi connectivity index (χ1n) is 9.85. The highest BCUT2D eigenvalue weighted by Crippen LogP contribution is 2.59. The molecule has 2 bridgehead atoms. The molecule has 2 fully saturated rings. The number of β-amino-alcohol motifs (C(OH)–C–C–N with tert-alkyl or cyclic N) is 1. The smallest absolute Gasteiger partial charge is 0.185 e. The quantitative estimate of drug-likeness (QED) is 0.740. The van der Waals surface area contributed by atoms with Gasteiger partial charge in [-0.1, -0.05) is 19.9 Å². The number of piperazine rings is 1. The predicted molar refractivity (Wildman–Crippen MR) is 106 cm³/mol. The molecule has 26 heavy (non-hydrogen) atoms. The van der Waals surface area contributed by atoms with Gasteiger partial charge in [0.25, 0.3) is 0 Å². The fourth-order valence-corrected chi connectivity index (χ4v) is 5.49. The number of nitrogens with zero attached hydrogens (tertiary/aromatic N) is 3. The number of fused-ring (bicyclic) bond motifs is 1. The van der Waals surface area contributed by atoms with Crippen molar-refractivity contribution in [3.8, 4) is 0 Å². The summed E-state index contributed by atoms with van der Waals surface area (Å²) in [6, 6.07) is 0. The summed E-state index contributed by atoms with van der Waals surface area (Å²) in [6.07, 6.45) is 6.36. The second-order valence-electron chi connectivity index (χ2n) is 8.59. The molecular formula is C20H31N3O2S. The van der Waals surface area contributed by atoms with E-state index in [1.165, 1.54) is 18.4 Å². The average Bonchev–Trinajstić information content (AvgIpc) is 3.17. The molecule has 1 aliphatic heterocycles. The Balaban J connectivity index is 1.15. The number of aromatic nitrogens is 1. The molecule has 1 saturated heterocycles. The van der Waals surface area contributed by atoms with E-state index < -0.39 is 6.10 Å². The maximum atomic E-state index is 10.3. The van der Waals surface area contributed by atoms with Gasteiger partial charge in [0.15, 0.2) is 5.13 Å². The van der Waals surface area contributed by atoms with Gasteiger partial charge in [-0.25, -0.2) is 4.98 Å². The van der Waals surface area contributed by atoms with Crippen LogP contribution in [0.1, 0.15) is 26.7 Å². The first kappa shape index (κ1) is 18.4. The number of thiazole rings is 1. The van der Waals surface area contributed by atoms with Crippen LogP contribution in [0, 0.1) is 17.3 Å². The van der Waals surface area contributed by atoms with E-state index in [0.29, 0.717) is 31.1 Å². The molecule has 3 aliphatic carbocycles. The molecule has 0 aromatic carbocycles. The molecule has 0 radical (unpaired) electrons. The van der Waals surface area contributed by atoms with Gasteiger partial charge >= 0.3 is 0 Å². The number of hydrogen-bond donors (Lipinski definition) is 1. The SMILES string of the molecule is CC1(C)[C@H]2CC=C(COC[C@H](O)CN3CCN(c4nccs4)CC3)[C@@H]1C2. The standard InChI is InChI=1S/C20H31N3O2S/c1-20(2)16-4-3-15(18(20)11-16)13-25-14-17(24)12-22-6-8-23(9-7-22)19-21-5-10-26-19/h3,5,10,16-18,24H,4,6-9,11-14H2,1-2H3/t16-,17+,18-/m0/s1. The third-order valence-electron chi connectivity index (χ3n) is 6.69. The third kappa shape index (κ3) is 3.70. The lowest BCUT2D eigenvalue weighted by Gasteiger charge is -2.56. The molecule has 4 aliphatic rings. The van der Waals surface area contributed by atoms with Crippen molar-refractivity contribution < 1.29 is 9.84 Å². The molecule has 2 heterocycles. The minimum absolute atomic E-state index is 0.409. The minimum atomic E-state index is -0.409. The van der Waals surface area contributed by atoms with Crippen LogP contribution in [0.3, 0.4) is 0 Å². The average molecular weight is 378 g/mol. The summed E-state index contributed by atoms with van der Waals surface area (Å²) in [6.45, 7) is 10.5. The van der Waals surface area contributed by atoms with E-state index in [0.717, 1.165) is 37.2 Å². The highest BCUT2D eigenvalue weighted by molar-refractivity contribution is 7.13. The Morgan fingerprint density at radius 2 is 2.15 bits per heavy atom. The molecule has 5 nitrogen and oxygen atoms in total. The van der Waals surface area contributed by atoms with Gasteiger partial charge in [-0.15, -0.1) is 11.3 Å². The molecule has 1 saturated carbocycles. The molecule has 0 spiro atoms. The van der Waals surface area contributed by atoms with E-state index in [2.05, 4.69) is 34.7 Å². The normalized spacial score (nSPS) is 29.2. The molecular weight excluding hydrogens is 346 g/mol. The van der Waals surface area contributed by atoms with Crippen molar-refractivity contribution in [2.24, 2.45) is 17.3 Å². The fraction of sp³-hybridized carbons (Fsp3) is 0.750. The van der Waals surface area contributed by atoms with E-state index >= 15 is 0 Å². The number of aliphatic hydroxyl groups is 1. The van der Waals surface area contributed by atoms with E-state index in [1.54, 1.807) is 11.3 Å². The van der Waals surface area contributed by atoms with Gasteiger partial charge in [-0.2, -0.15) is 0 Å². The topological polar surface area (TPSA) is 48.8 Å². The maximum absolute atomic E-state index is 10.3. The molecule has 5 rings (SSSR count). The number of rotatable bonds is 7. The van der Waals surface area contributed by atoms with Crippen LogP contribution >= 0.6 is 11.3 Å². The molecule has 1 N–H and O–H groups in total. The van der Waals surface area contributed by atoms with Crippen molar-refractivity contribution in [1.82, 2.24) is 9.88 Å². The van der Waals surface area contributed by atoms with Crippen LogP contribution in [0.5, 0.6) is 0 Å². The summed E-state index contributed by atoms with van der Waals surface area (Å²) in [7, 11) is 0. The van der Waals surface area contributed by atoms with E-state index in [-0.39, 0.29) is 0 Å². The van der Waals surface area contributed by atoms with Crippen LogP contribution in [0.4, 0.5) is 5.13 Å². The summed E-state index contributed by atoms with van der Waals surface area (Å²) in [4.78, 5) is 9.04. The first-order valence-corrected chi connectivity index (χ1v) is 10.7. The van der Waals surface area contributed by atoms with E-state index in [4.69, 9.17) is 4.74 Å². The number of ether oxygens (including phenoxy) is 1. The lowest BCUT2D eigenvalue weighted by atomic mass is 9.49. The fourth-order valence-electron chi connectivity index (χ4n) is 4.80. The Morgan fingerprint density at radius 1 is 1.35 bits per heavy atom. The molecule has 1 aromatic heterocycles.